The zero-order chi connectivity index (χ0) is 13.0. The minimum Gasteiger partial charge on any atom is -0.348 e. The number of carbonyl (C=O) groups is 1. The highest BCUT2D eigenvalue weighted by molar-refractivity contribution is 5.94. The van der Waals surface area contributed by atoms with Crippen molar-refractivity contribution in [1.29, 1.82) is 0 Å². The van der Waals surface area contributed by atoms with Crippen LogP contribution in [-0.2, 0) is 6.54 Å². The Hall–Kier alpha value is -2.23. The summed E-state index contributed by atoms with van der Waals surface area (Å²) in [6.45, 7) is 0.201. The number of amides is 1. The Labute approximate surface area is 103 Å². The molecular formula is C14H11F2NO. The third-order valence-electron chi connectivity index (χ3n) is 2.43. The van der Waals surface area contributed by atoms with E-state index in [4.69, 9.17) is 0 Å². The first-order chi connectivity index (χ1) is 8.65. The molecule has 2 nitrogen and oxygen atoms in total. The second kappa shape index (κ2) is 5.40. The summed E-state index contributed by atoms with van der Waals surface area (Å²) < 4.78 is 25.8. The van der Waals surface area contributed by atoms with Crippen molar-refractivity contribution >= 4 is 5.91 Å². The normalized spacial score (nSPS) is 10.1. The number of carbonyl (C=O) groups excluding carboxylic acids is 1. The molecule has 0 aliphatic rings. The summed E-state index contributed by atoms with van der Waals surface area (Å²) >= 11 is 0. The van der Waals surface area contributed by atoms with Crippen LogP contribution in [0.4, 0.5) is 8.78 Å². The van der Waals surface area contributed by atoms with Crippen molar-refractivity contribution in [1.82, 2.24) is 5.32 Å². The first-order valence-corrected chi connectivity index (χ1v) is 5.43. The van der Waals surface area contributed by atoms with Gasteiger partial charge in [-0.25, -0.2) is 8.78 Å². The number of rotatable bonds is 3. The predicted octanol–water partition coefficient (Wildman–Crippen LogP) is 2.89. The van der Waals surface area contributed by atoms with Gasteiger partial charge in [0, 0.05) is 12.1 Å². The zero-order valence-corrected chi connectivity index (χ0v) is 9.49. The lowest BCUT2D eigenvalue weighted by Crippen LogP contribution is -2.22. The molecule has 2 aromatic carbocycles. The fourth-order valence-corrected chi connectivity index (χ4v) is 1.56. The van der Waals surface area contributed by atoms with E-state index in [1.807, 2.05) is 0 Å². The predicted molar refractivity (Wildman–Crippen MR) is 64.0 cm³/mol. The first-order valence-electron chi connectivity index (χ1n) is 5.43. The second-order valence-corrected chi connectivity index (χ2v) is 3.82. The van der Waals surface area contributed by atoms with E-state index in [2.05, 4.69) is 5.32 Å². The largest absolute Gasteiger partial charge is 0.348 e. The van der Waals surface area contributed by atoms with Crippen LogP contribution < -0.4 is 5.32 Å². The molecule has 1 amide bonds. The van der Waals surface area contributed by atoms with Gasteiger partial charge in [-0.2, -0.15) is 0 Å². The topological polar surface area (TPSA) is 29.1 Å². The SMILES string of the molecule is O=C(NCc1cccc(F)c1)c1cccc(F)c1. The van der Waals surface area contributed by atoms with Gasteiger partial charge in [0.2, 0.25) is 0 Å². The maximum Gasteiger partial charge on any atom is 0.251 e. The zero-order valence-electron chi connectivity index (χ0n) is 9.49. The average molecular weight is 247 g/mol. The maximum atomic E-state index is 12.9. The fraction of sp³-hybridized carbons (Fsp3) is 0.0714. The van der Waals surface area contributed by atoms with Crippen molar-refractivity contribution in [3.05, 3.63) is 71.3 Å². The molecule has 18 heavy (non-hydrogen) atoms. The van der Waals surface area contributed by atoms with Gasteiger partial charge in [0.15, 0.2) is 0 Å². The van der Waals surface area contributed by atoms with Crippen molar-refractivity contribution < 1.29 is 13.6 Å². The standard InChI is InChI=1S/C14H11F2NO/c15-12-5-1-3-10(7-12)9-17-14(18)11-4-2-6-13(16)8-11/h1-8H,9H2,(H,17,18). The number of halogens is 2. The second-order valence-electron chi connectivity index (χ2n) is 3.82. The molecule has 2 rings (SSSR count). The smallest absolute Gasteiger partial charge is 0.251 e. The highest BCUT2D eigenvalue weighted by Gasteiger charge is 2.06. The monoisotopic (exact) mass is 247 g/mol. The molecule has 0 bridgehead atoms. The lowest BCUT2D eigenvalue weighted by atomic mass is 10.2. The van der Waals surface area contributed by atoms with Crippen molar-refractivity contribution in [2.24, 2.45) is 0 Å². The number of nitrogens with one attached hydrogen (secondary N) is 1. The minimum atomic E-state index is -0.464. The van der Waals surface area contributed by atoms with E-state index >= 15 is 0 Å². The quantitative estimate of drug-likeness (QED) is 0.887. The molecule has 1 N–H and O–H groups in total. The molecule has 0 saturated carbocycles. The highest BCUT2D eigenvalue weighted by atomic mass is 19.1. The van der Waals surface area contributed by atoms with Crippen LogP contribution >= 0.6 is 0 Å². The van der Waals surface area contributed by atoms with Gasteiger partial charge in [-0.1, -0.05) is 18.2 Å². The van der Waals surface area contributed by atoms with Crippen LogP contribution in [0.25, 0.3) is 0 Å². The lowest BCUT2D eigenvalue weighted by molar-refractivity contribution is 0.0950. The van der Waals surface area contributed by atoms with E-state index in [0.717, 1.165) is 6.07 Å². The molecule has 0 radical (unpaired) electrons. The summed E-state index contributed by atoms with van der Waals surface area (Å²) in [6, 6.07) is 11.3. The van der Waals surface area contributed by atoms with Gasteiger partial charge < -0.3 is 5.32 Å². The van der Waals surface area contributed by atoms with Crippen LogP contribution in [0.15, 0.2) is 48.5 Å². The van der Waals surface area contributed by atoms with Gasteiger partial charge in [0.1, 0.15) is 11.6 Å². The van der Waals surface area contributed by atoms with Gasteiger partial charge in [-0.3, -0.25) is 4.79 Å². The Balaban J connectivity index is 2.00. The van der Waals surface area contributed by atoms with E-state index in [9.17, 15) is 13.6 Å². The van der Waals surface area contributed by atoms with Crippen molar-refractivity contribution in [2.75, 3.05) is 0 Å². The Morgan fingerprint density at radius 2 is 1.67 bits per heavy atom. The molecule has 0 unspecified atom stereocenters. The van der Waals surface area contributed by atoms with Crippen LogP contribution in [-0.4, -0.2) is 5.91 Å². The Morgan fingerprint density at radius 3 is 2.33 bits per heavy atom. The Morgan fingerprint density at radius 1 is 1.00 bits per heavy atom. The average Bonchev–Trinajstić information content (AvgIpc) is 2.36. The Bertz CT molecular complexity index is 569. The summed E-state index contributed by atoms with van der Waals surface area (Å²) in [5.74, 6) is -1.21. The number of hydrogen-bond acceptors (Lipinski definition) is 1. The van der Waals surface area contributed by atoms with E-state index in [-0.39, 0.29) is 17.9 Å². The van der Waals surface area contributed by atoms with E-state index in [0.29, 0.717) is 5.56 Å². The van der Waals surface area contributed by atoms with Gasteiger partial charge in [0.05, 0.1) is 0 Å². The molecule has 92 valence electrons. The maximum absolute atomic E-state index is 12.9. The summed E-state index contributed by atoms with van der Waals surface area (Å²) in [5.41, 5.74) is 0.895. The molecule has 0 heterocycles. The van der Waals surface area contributed by atoms with E-state index < -0.39 is 11.7 Å². The molecular weight excluding hydrogens is 236 g/mol. The van der Waals surface area contributed by atoms with Crippen molar-refractivity contribution in [3.8, 4) is 0 Å². The van der Waals surface area contributed by atoms with Gasteiger partial charge in [-0.05, 0) is 35.9 Å². The molecule has 0 saturated heterocycles. The van der Waals surface area contributed by atoms with Crippen LogP contribution in [0.1, 0.15) is 15.9 Å². The van der Waals surface area contributed by atoms with Gasteiger partial charge >= 0.3 is 0 Å². The van der Waals surface area contributed by atoms with E-state index in [1.165, 1.54) is 30.3 Å². The molecule has 0 aromatic heterocycles. The van der Waals surface area contributed by atoms with Crippen molar-refractivity contribution in [3.63, 3.8) is 0 Å². The number of hydrogen-bond donors (Lipinski definition) is 1. The molecule has 0 aliphatic carbocycles. The molecule has 4 heteroatoms. The molecule has 0 fully saturated rings. The molecule has 0 atom stereocenters. The van der Waals surface area contributed by atoms with Crippen LogP contribution in [0.5, 0.6) is 0 Å². The van der Waals surface area contributed by atoms with Crippen molar-refractivity contribution in [2.45, 2.75) is 6.54 Å². The highest BCUT2D eigenvalue weighted by Crippen LogP contribution is 2.05. The van der Waals surface area contributed by atoms with Crippen LogP contribution in [0.2, 0.25) is 0 Å². The summed E-state index contributed by atoms with van der Waals surface area (Å²) in [6.07, 6.45) is 0. The summed E-state index contributed by atoms with van der Waals surface area (Å²) in [7, 11) is 0. The summed E-state index contributed by atoms with van der Waals surface area (Å²) in [4.78, 5) is 11.7. The fourth-order valence-electron chi connectivity index (χ4n) is 1.56. The first kappa shape index (κ1) is 12.2. The van der Waals surface area contributed by atoms with E-state index in [1.54, 1.807) is 12.1 Å². The lowest BCUT2D eigenvalue weighted by Gasteiger charge is -2.05. The van der Waals surface area contributed by atoms with Gasteiger partial charge in [0.25, 0.3) is 5.91 Å². The minimum absolute atomic E-state index is 0.201. The molecule has 2 aromatic rings. The third kappa shape index (κ3) is 3.13. The number of benzene rings is 2. The van der Waals surface area contributed by atoms with Crippen LogP contribution in [0, 0.1) is 11.6 Å². The molecule has 0 aliphatic heterocycles. The van der Waals surface area contributed by atoms with Gasteiger partial charge in [-0.15, -0.1) is 0 Å². The molecule has 0 spiro atoms. The van der Waals surface area contributed by atoms with Crippen LogP contribution in [0.3, 0.4) is 0 Å². The Kier molecular flexibility index (Phi) is 3.67. The third-order valence-corrected chi connectivity index (χ3v) is 2.43. The summed E-state index contributed by atoms with van der Waals surface area (Å²) in [5, 5.41) is 2.60.